The summed E-state index contributed by atoms with van der Waals surface area (Å²) >= 11 is 0. The molecule has 0 aliphatic carbocycles. The van der Waals surface area contributed by atoms with Gasteiger partial charge in [0.15, 0.2) is 0 Å². The van der Waals surface area contributed by atoms with E-state index in [2.05, 4.69) is 10.2 Å². The van der Waals surface area contributed by atoms with E-state index in [0.717, 1.165) is 24.2 Å². The maximum Gasteiger partial charge on any atom is 0.253 e. The van der Waals surface area contributed by atoms with E-state index in [9.17, 15) is 9.90 Å². The number of anilines is 1. The van der Waals surface area contributed by atoms with E-state index in [-0.39, 0.29) is 11.4 Å². The largest absolute Gasteiger partial charge is 0.494 e. The van der Waals surface area contributed by atoms with Crippen LogP contribution >= 0.6 is 0 Å². The average molecular weight is 301 g/mol. The molecule has 1 aromatic heterocycles. The van der Waals surface area contributed by atoms with Gasteiger partial charge in [-0.25, -0.2) is 0 Å². The summed E-state index contributed by atoms with van der Waals surface area (Å²) in [5, 5.41) is 14.9. The number of aromatic hydroxyl groups is 1. The summed E-state index contributed by atoms with van der Waals surface area (Å²) in [6.07, 6.45) is 3.96. The van der Waals surface area contributed by atoms with Crippen LogP contribution in [0.5, 0.6) is 5.88 Å². The predicted molar refractivity (Wildman–Crippen MR) is 89.6 cm³/mol. The number of nitrogens with zero attached hydrogens (tertiary/aromatic N) is 2. The van der Waals surface area contributed by atoms with Gasteiger partial charge in [-0.15, -0.1) is 0 Å². The van der Waals surface area contributed by atoms with Crippen molar-refractivity contribution in [3.63, 3.8) is 0 Å². The van der Waals surface area contributed by atoms with E-state index in [4.69, 9.17) is 0 Å². The topological polar surface area (TPSA) is 57.5 Å². The smallest absolute Gasteiger partial charge is 0.253 e. The lowest BCUT2D eigenvalue weighted by atomic mass is 10.1. The molecule has 0 unspecified atom stereocenters. The van der Waals surface area contributed by atoms with Crippen molar-refractivity contribution >= 4 is 16.5 Å². The van der Waals surface area contributed by atoms with Crippen molar-refractivity contribution in [1.82, 2.24) is 9.47 Å². The number of pyridine rings is 1. The zero-order valence-electron chi connectivity index (χ0n) is 13.0. The number of piperidine rings is 1. The Labute approximate surface area is 130 Å². The third-order valence-electron chi connectivity index (χ3n) is 4.43. The number of benzene rings is 1. The summed E-state index contributed by atoms with van der Waals surface area (Å²) in [4.78, 5) is 14.2. The summed E-state index contributed by atoms with van der Waals surface area (Å²) in [5.74, 6) is 0.0161. The number of rotatable bonds is 4. The molecule has 118 valence electrons. The molecular weight excluding hydrogens is 278 g/mol. The Balaban J connectivity index is 1.69. The molecule has 0 spiro atoms. The van der Waals surface area contributed by atoms with Gasteiger partial charge in [-0.2, -0.15) is 0 Å². The third kappa shape index (κ3) is 3.09. The first-order valence-electron chi connectivity index (χ1n) is 7.94. The Hall–Kier alpha value is -2.01. The van der Waals surface area contributed by atoms with Crippen molar-refractivity contribution in [2.45, 2.75) is 19.3 Å². The molecule has 0 atom stereocenters. The van der Waals surface area contributed by atoms with Crippen molar-refractivity contribution in [2.24, 2.45) is 7.05 Å². The molecule has 5 heteroatoms. The summed E-state index contributed by atoms with van der Waals surface area (Å²) in [7, 11) is 1.57. The molecule has 2 N–H and O–H groups in total. The molecule has 1 fully saturated rings. The van der Waals surface area contributed by atoms with Gasteiger partial charge in [0.05, 0.1) is 0 Å². The maximum absolute atomic E-state index is 11.8. The number of hydrogen-bond donors (Lipinski definition) is 2. The highest BCUT2D eigenvalue weighted by atomic mass is 16.3. The van der Waals surface area contributed by atoms with Gasteiger partial charge in [0.1, 0.15) is 0 Å². The van der Waals surface area contributed by atoms with Crippen molar-refractivity contribution in [2.75, 3.05) is 31.5 Å². The maximum atomic E-state index is 11.8. The molecule has 1 aromatic carbocycles. The molecule has 0 saturated carbocycles. The van der Waals surface area contributed by atoms with E-state index in [1.807, 2.05) is 18.2 Å². The molecule has 2 heterocycles. The highest BCUT2D eigenvalue weighted by Gasteiger charge is 2.09. The molecule has 0 amide bonds. The molecule has 1 aliphatic rings. The summed E-state index contributed by atoms with van der Waals surface area (Å²) in [6.45, 7) is 4.33. The van der Waals surface area contributed by atoms with Crippen LogP contribution in [0.4, 0.5) is 5.69 Å². The lowest BCUT2D eigenvalue weighted by molar-refractivity contribution is 0.237. The highest BCUT2D eigenvalue weighted by molar-refractivity contribution is 5.89. The monoisotopic (exact) mass is 301 g/mol. The van der Waals surface area contributed by atoms with Gasteiger partial charge in [0, 0.05) is 37.3 Å². The second kappa shape index (κ2) is 6.40. The molecule has 3 rings (SSSR count). The van der Waals surface area contributed by atoms with Gasteiger partial charge >= 0.3 is 0 Å². The van der Waals surface area contributed by atoms with Crippen LogP contribution in [0.2, 0.25) is 0 Å². The minimum Gasteiger partial charge on any atom is -0.494 e. The van der Waals surface area contributed by atoms with Crippen LogP contribution in [0.1, 0.15) is 19.3 Å². The van der Waals surface area contributed by atoms with E-state index in [1.54, 1.807) is 13.1 Å². The Morgan fingerprint density at radius 1 is 1.18 bits per heavy atom. The Morgan fingerprint density at radius 2 is 1.95 bits per heavy atom. The molecule has 5 nitrogen and oxygen atoms in total. The molecule has 2 aromatic rings. The van der Waals surface area contributed by atoms with E-state index in [1.165, 1.54) is 36.9 Å². The van der Waals surface area contributed by atoms with Gasteiger partial charge in [0.25, 0.3) is 5.56 Å². The van der Waals surface area contributed by atoms with E-state index < -0.39 is 0 Å². The second-order valence-electron chi connectivity index (χ2n) is 6.00. The fourth-order valence-corrected chi connectivity index (χ4v) is 3.05. The van der Waals surface area contributed by atoms with Gasteiger partial charge < -0.3 is 15.3 Å². The molecule has 0 bridgehead atoms. The molecule has 1 aliphatic heterocycles. The first kappa shape index (κ1) is 14.9. The number of hydrogen-bond acceptors (Lipinski definition) is 4. The fraction of sp³-hybridized carbons (Fsp3) is 0.471. The van der Waals surface area contributed by atoms with Crippen LogP contribution < -0.4 is 10.9 Å². The molecular formula is C17H23N3O2. The highest BCUT2D eigenvalue weighted by Crippen LogP contribution is 2.24. The lowest BCUT2D eigenvalue weighted by Gasteiger charge is -2.26. The molecule has 0 radical (unpaired) electrons. The summed E-state index contributed by atoms with van der Waals surface area (Å²) in [5.41, 5.74) is 0.785. The van der Waals surface area contributed by atoms with Gasteiger partial charge in [-0.05, 0) is 49.5 Å². The Bertz CT molecular complexity index is 718. The van der Waals surface area contributed by atoms with Gasteiger partial charge in [-0.3, -0.25) is 9.36 Å². The van der Waals surface area contributed by atoms with Crippen LogP contribution in [0.25, 0.3) is 10.8 Å². The minimum absolute atomic E-state index is 0.0161. The normalized spacial score (nSPS) is 16.0. The number of aromatic nitrogens is 1. The lowest BCUT2D eigenvalue weighted by Crippen LogP contribution is -2.33. The SMILES string of the molecule is Cn1c(O)c2ccc(NCCN3CCCCC3)cc2cc1=O. The van der Waals surface area contributed by atoms with Crippen molar-refractivity contribution in [3.8, 4) is 5.88 Å². The second-order valence-corrected chi connectivity index (χ2v) is 6.00. The van der Waals surface area contributed by atoms with E-state index in [0.29, 0.717) is 5.39 Å². The van der Waals surface area contributed by atoms with Gasteiger partial charge in [-0.1, -0.05) is 6.42 Å². The first-order valence-corrected chi connectivity index (χ1v) is 7.94. The molecule has 22 heavy (non-hydrogen) atoms. The molecule has 1 saturated heterocycles. The van der Waals surface area contributed by atoms with Crippen molar-refractivity contribution in [1.29, 1.82) is 0 Å². The summed E-state index contributed by atoms with van der Waals surface area (Å²) < 4.78 is 1.26. The summed E-state index contributed by atoms with van der Waals surface area (Å²) in [6, 6.07) is 7.29. The Morgan fingerprint density at radius 3 is 2.73 bits per heavy atom. The average Bonchev–Trinajstić information content (AvgIpc) is 2.54. The van der Waals surface area contributed by atoms with E-state index >= 15 is 0 Å². The van der Waals surface area contributed by atoms with Crippen LogP contribution in [0.3, 0.4) is 0 Å². The standard InChI is InChI=1S/C17H23N3O2/c1-19-16(21)12-13-11-14(5-6-15(13)17(19)22)18-7-10-20-8-3-2-4-9-20/h5-6,11-12,18,22H,2-4,7-10H2,1H3. The first-order chi connectivity index (χ1) is 10.6. The number of likely N-dealkylation sites (tertiary alicyclic amines) is 1. The van der Waals surface area contributed by atoms with Crippen LogP contribution in [-0.2, 0) is 7.05 Å². The zero-order chi connectivity index (χ0) is 15.5. The zero-order valence-corrected chi connectivity index (χ0v) is 13.0. The van der Waals surface area contributed by atoms with Crippen LogP contribution in [0, 0.1) is 0 Å². The Kier molecular flexibility index (Phi) is 4.34. The van der Waals surface area contributed by atoms with Crippen molar-refractivity contribution in [3.05, 3.63) is 34.6 Å². The fourth-order valence-electron chi connectivity index (χ4n) is 3.05. The van der Waals surface area contributed by atoms with Crippen LogP contribution in [0.15, 0.2) is 29.1 Å². The number of nitrogens with one attached hydrogen (secondary N) is 1. The van der Waals surface area contributed by atoms with Gasteiger partial charge in [0.2, 0.25) is 5.88 Å². The van der Waals surface area contributed by atoms with Crippen LogP contribution in [-0.4, -0.2) is 40.8 Å². The quantitative estimate of drug-likeness (QED) is 0.908. The third-order valence-corrected chi connectivity index (χ3v) is 4.43. The predicted octanol–water partition coefficient (Wildman–Crippen LogP) is 2.14. The number of fused-ring (bicyclic) bond motifs is 1. The minimum atomic E-state index is -0.199. The van der Waals surface area contributed by atoms with Crippen molar-refractivity contribution < 1.29 is 5.11 Å².